The van der Waals surface area contributed by atoms with Gasteiger partial charge >= 0.3 is 29.9 Å². The lowest BCUT2D eigenvalue weighted by Gasteiger charge is -2.34. The second-order valence-electron chi connectivity index (χ2n) is 25.5. The maximum Gasteiger partial charge on any atom is 0.392 e. The van der Waals surface area contributed by atoms with Crippen molar-refractivity contribution >= 4 is 53.6 Å². The van der Waals surface area contributed by atoms with E-state index < -0.39 is 45.5 Å². The lowest BCUT2D eigenvalue weighted by Crippen LogP contribution is -2.50. The molecule has 4 saturated carbocycles. The molecule has 0 spiro atoms. The number of carbonyl (C=O) groups is 7. The quantitative estimate of drug-likeness (QED) is 0.0151. The van der Waals surface area contributed by atoms with E-state index in [4.69, 9.17) is 14.5 Å². The highest BCUT2D eigenvalue weighted by Gasteiger charge is 2.42. The van der Waals surface area contributed by atoms with Crippen LogP contribution in [0.25, 0.3) is 0 Å². The molecule has 86 heavy (non-hydrogen) atoms. The number of Topliss-reactive ketones (excluding diaryl/α,β-unsaturated/α-hetero) is 1. The van der Waals surface area contributed by atoms with Crippen molar-refractivity contribution in [2.75, 3.05) is 6.61 Å². The van der Waals surface area contributed by atoms with Crippen molar-refractivity contribution in [2.45, 2.75) is 320 Å². The zero-order chi connectivity index (χ0) is 62.6. The van der Waals surface area contributed by atoms with Crippen LogP contribution in [0.5, 0.6) is 0 Å². The van der Waals surface area contributed by atoms with Crippen LogP contribution in [0, 0.1) is 43.9 Å². The Kier molecular flexibility index (Phi) is 35.2. The molecule has 6 aliphatic rings. The summed E-state index contributed by atoms with van der Waals surface area (Å²) in [5.74, 6) is -1.38. The van der Waals surface area contributed by atoms with Gasteiger partial charge in [0.1, 0.15) is 30.4 Å². The van der Waals surface area contributed by atoms with Gasteiger partial charge in [-0.1, -0.05) is 114 Å². The molecule has 4 fully saturated rings. The number of unbranched alkanes of at least 4 members (excludes halogenated alkanes) is 14. The average molecular weight is 1210 g/mol. The van der Waals surface area contributed by atoms with Crippen molar-refractivity contribution in [1.82, 2.24) is 21.3 Å². The van der Waals surface area contributed by atoms with Crippen molar-refractivity contribution in [3.8, 4) is 0 Å². The highest BCUT2D eigenvalue weighted by atomic mass is 16.7. The van der Waals surface area contributed by atoms with Gasteiger partial charge in [-0.05, 0) is 172 Å². The standard InChI is InChI=1S/C41H72N4O4.C22H34N4O9.CH2O/c1-3-5-7-9-11-13-15-17-19-36-30-38(44-48-36)40(46)42-34-25-21-32(22-26-34)29-33-23-27-35(28-24-33)43-41(47)39-31-37(49-45-39)20-18-16-14-12-10-8-6-4-2;1-3-35-22(30)19(26(33)34)21(29)24-17-10-6-15(7-11-17)12-14-4-8-16(9-5-14)23-20(28)18(13(2)27)25(31)32;1-2/h32-37H,3-31H2,1-2H3,(H,42,46)(H,43,47);14-19H,3-12H2,1-2H3,(H,23,28)(H,24,29);1H2. The van der Waals surface area contributed by atoms with E-state index in [2.05, 4.69) is 50.2 Å². The van der Waals surface area contributed by atoms with E-state index in [0.29, 0.717) is 61.8 Å². The predicted octanol–water partition coefficient (Wildman–Crippen LogP) is 11.1. The fourth-order valence-electron chi connectivity index (χ4n) is 13.6. The number of hydrogen-bond acceptors (Lipinski definition) is 16. The molecule has 488 valence electrons. The number of ketones is 1. The lowest BCUT2D eigenvalue weighted by atomic mass is 9.75. The maximum absolute atomic E-state index is 12.9. The third-order valence-electron chi connectivity index (χ3n) is 18.6. The minimum absolute atomic E-state index is 0.0172. The molecular formula is C64H108N8O14. The van der Waals surface area contributed by atoms with E-state index in [9.17, 15) is 49.0 Å². The first-order chi connectivity index (χ1) is 41.6. The minimum atomic E-state index is -2.06. The highest BCUT2D eigenvalue weighted by Crippen LogP contribution is 2.37. The van der Waals surface area contributed by atoms with E-state index in [1.807, 2.05) is 6.79 Å². The van der Waals surface area contributed by atoms with E-state index in [1.165, 1.54) is 129 Å². The molecule has 6 rings (SSSR count). The van der Waals surface area contributed by atoms with Gasteiger partial charge in [-0.3, -0.25) is 44.2 Å². The van der Waals surface area contributed by atoms with Crippen molar-refractivity contribution < 1.29 is 57.8 Å². The van der Waals surface area contributed by atoms with E-state index in [0.717, 1.165) is 102 Å². The number of rotatable bonds is 35. The van der Waals surface area contributed by atoms with Crippen molar-refractivity contribution in [2.24, 2.45) is 34.0 Å². The Hall–Kier alpha value is -5.57. The van der Waals surface area contributed by atoms with E-state index in [1.54, 1.807) is 0 Å². The molecule has 0 saturated heterocycles. The molecule has 22 nitrogen and oxygen atoms in total. The van der Waals surface area contributed by atoms with Gasteiger partial charge < -0.3 is 40.5 Å². The number of nitro groups is 2. The van der Waals surface area contributed by atoms with E-state index in [-0.39, 0.29) is 54.8 Å². The number of amides is 4. The van der Waals surface area contributed by atoms with Gasteiger partial charge in [0, 0.05) is 53.8 Å². The summed E-state index contributed by atoms with van der Waals surface area (Å²) in [7, 11) is 0. The first kappa shape index (κ1) is 72.9. The summed E-state index contributed by atoms with van der Waals surface area (Å²) in [6.45, 7) is 9.02. The molecule has 4 atom stereocenters. The van der Waals surface area contributed by atoms with Crippen LogP contribution in [-0.2, 0) is 48.0 Å². The van der Waals surface area contributed by atoms with Crippen molar-refractivity contribution in [3.05, 3.63) is 20.2 Å². The number of esters is 1. The first-order valence-corrected chi connectivity index (χ1v) is 33.5. The Labute approximate surface area is 511 Å². The monoisotopic (exact) mass is 1210 g/mol. The second kappa shape index (κ2) is 41.6. The normalized spacial score (nSPS) is 25.9. The van der Waals surface area contributed by atoms with Crippen LogP contribution in [0.2, 0.25) is 0 Å². The Morgan fingerprint density at radius 3 is 1.09 bits per heavy atom. The molecular weight excluding hydrogens is 1100 g/mol. The smallest absolute Gasteiger partial charge is 0.392 e. The molecule has 4 unspecified atom stereocenters. The molecule has 0 aromatic carbocycles. The van der Waals surface area contributed by atoms with Gasteiger partial charge in [-0.25, -0.2) is 4.79 Å². The number of hydrogen-bond donors (Lipinski definition) is 4. The van der Waals surface area contributed by atoms with Crippen LogP contribution in [0.1, 0.15) is 272 Å². The third kappa shape index (κ3) is 27.2. The SMILES string of the molecule is C=O.CCCCCCCCCCC1CC(C(=O)NC2CCC(CC3CCC(NC(=O)C4=NOC(CCCCCCCCCC)C4)CC3)CC2)=NO1.CCOC(=O)C(C(=O)NC1CCC(CC2CCC(NC(=O)C(C(C)=O)[N+](=O)[O-])CC2)CC1)[N+](=O)[O-]. The maximum atomic E-state index is 12.9. The average Bonchev–Trinajstić information content (AvgIpc) is 4.02. The number of oxime groups is 2. The highest BCUT2D eigenvalue weighted by molar-refractivity contribution is 6.39. The van der Waals surface area contributed by atoms with Gasteiger partial charge in [0.2, 0.25) is 5.78 Å². The first-order valence-electron chi connectivity index (χ1n) is 33.5. The predicted molar refractivity (Wildman–Crippen MR) is 329 cm³/mol. The summed E-state index contributed by atoms with van der Waals surface area (Å²) in [5, 5.41) is 42.2. The molecule has 4 aliphatic carbocycles. The van der Waals surface area contributed by atoms with Crippen LogP contribution >= 0.6 is 0 Å². The van der Waals surface area contributed by atoms with E-state index >= 15 is 0 Å². The number of nitrogens with one attached hydrogen (secondary N) is 4. The Morgan fingerprint density at radius 2 is 0.791 bits per heavy atom. The van der Waals surface area contributed by atoms with Gasteiger partial charge in [0.15, 0.2) is 0 Å². The molecule has 4 amide bonds. The Bertz CT molecular complexity index is 2040. The molecule has 0 aromatic heterocycles. The summed E-state index contributed by atoms with van der Waals surface area (Å²) in [6, 6.07) is -3.81. The molecule has 4 N–H and O–H groups in total. The zero-order valence-electron chi connectivity index (χ0n) is 52.7. The topological polar surface area (TPSA) is 306 Å². The summed E-state index contributed by atoms with van der Waals surface area (Å²) >= 11 is 0. The third-order valence-corrected chi connectivity index (χ3v) is 18.6. The van der Waals surface area contributed by atoms with Gasteiger partial charge in [0.25, 0.3) is 11.8 Å². The fraction of sp³-hybridized carbons (Fsp3) is 0.859. The number of nitrogens with zero attached hydrogens (tertiary/aromatic N) is 4. The Morgan fingerprint density at radius 1 is 0.488 bits per heavy atom. The van der Waals surface area contributed by atoms with Crippen molar-refractivity contribution in [3.63, 3.8) is 0 Å². The molecule has 2 heterocycles. The van der Waals surface area contributed by atoms with Gasteiger partial charge in [-0.15, -0.1) is 0 Å². The van der Waals surface area contributed by atoms with Crippen LogP contribution in [0.4, 0.5) is 0 Å². The zero-order valence-corrected chi connectivity index (χ0v) is 52.7. The molecule has 0 radical (unpaired) electrons. The number of ether oxygens (including phenoxy) is 1. The minimum Gasteiger partial charge on any atom is -0.460 e. The fourth-order valence-corrected chi connectivity index (χ4v) is 13.6. The van der Waals surface area contributed by atoms with Crippen LogP contribution in [0.15, 0.2) is 10.3 Å². The van der Waals surface area contributed by atoms with Crippen LogP contribution in [0.3, 0.4) is 0 Å². The molecule has 0 bridgehead atoms. The van der Waals surface area contributed by atoms with Crippen LogP contribution in [-0.4, -0.2) is 119 Å². The van der Waals surface area contributed by atoms with Crippen LogP contribution < -0.4 is 21.3 Å². The summed E-state index contributed by atoms with van der Waals surface area (Å²) in [4.78, 5) is 113. The largest absolute Gasteiger partial charge is 0.460 e. The summed E-state index contributed by atoms with van der Waals surface area (Å²) in [5.41, 5.74) is 1.17. The molecule has 22 heteroatoms. The summed E-state index contributed by atoms with van der Waals surface area (Å²) < 4.78 is 4.63. The number of carbonyl (C=O) groups excluding carboxylic acids is 7. The van der Waals surface area contributed by atoms with Crippen molar-refractivity contribution in [1.29, 1.82) is 0 Å². The van der Waals surface area contributed by atoms with Gasteiger partial charge in [-0.2, -0.15) is 0 Å². The second-order valence-corrected chi connectivity index (χ2v) is 25.5. The molecule has 2 aliphatic heterocycles. The lowest BCUT2D eigenvalue weighted by molar-refractivity contribution is -0.496. The molecule has 0 aromatic rings. The Balaban J connectivity index is 0.000000378. The summed E-state index contributed by atoms with van der Waals surface area (Å²) in [6.07, 6.45) is 41.8. The van der Waals surface area contributed by atoms with Gasteiger partial charge in [0.05, 0.1) is 6.61 Å².